The second-order valence-electron chi connectivity index (χ2n) is 7.37. The Bertz CT molecular complexity index is 758. The van der Waals surface area contributed by atoms with E-state index in [0.29, 0.717) is 12.1 Å². The Morgan fingerprint density at radius 3 is 2.69 bits per heavy atom. The van der Waals surface area contributed by atoms with Gasteiger partial charge >= 0.3 is 0 Å². The summed E-state index contributed by atoms with van der Waals surface area (Å²) in [5, 5.41) is 7.40. The normalized spacial score (nSPS) is 19.3. The standard InChI is InChI=1S/C19H28N6O/c1-22-10-12-23(13-11-22)9-5-20-19(26)17-15-21-25-8-4-16(14-18(17)25)24-6-2-3-7-24/h4,8,14-15H,2-3,5-7,9-13H2,1H3,(H,20,26). The van der Waals surface area contributed by atoms with Crippen LogP contribution in [0.1, 0.15) is 23.2 Å². The molecule has 2 fully saturated rings. The number of aromatic nitrogens is 2. The maximum atomic E-state index is 12.6. The minimum absolute atomic E-state index is 0.0345. The van der Waals surface area contributed by atoms with Gasteiger partial charge in [-0.2, -0.15) is 5.10 Å². The molecule has 0 bridgehead atoms. The van der Waals surface area contributed by atoms with Crippen molar-refractivity contribution in [3.63, 3.8) is 0 Å². The van der Waals surface area contributed by atoms with Gasteiger partial charge in [-0.3, -0.25) is 9.69 Å². The lowest BCUT2D eigenvalue weighted by atomic mass is 10.2. The second kappa shape index (κ2) is 7.63. The first-order chi connectivity index (χ1) is 12.7. The van der Waals surface area contributed by atoms with Crippen LogP contribution in [0.4, 0.5) is 5.69 Å². The fourth-order valence-corrected chi connectivity index (χ4v) is 3.81. The fraction of sp³-hybridized carbons (Fsp3) is 0.579. The molecule has 140 valence electrons. The maximum Gasteiger partial charge on any atom is 0.255 e. The van der Waals surface area contributed by atoms with E-state index >= 15 is 0 Å². The summed E-state index contributed by atoms with van der Waals surface area (Å²) in [5.41, 5.74) is 2.72. The number of carbonyl (C=O) groups excluding carboxylic acids is 1. The Morgan fingerprint density at radius 1 is 1.15 bits per heavy atom. The Kier molecular flexibility index (Phi) is 5.08. The van der Waals surface area contributed by atoms with Gasteiger partial charge in [0.1, 0.15) is 0 Å². The van der Waals surface area contributed by atoms with Gasteiger partial charge in [-0.1, -0.05) is 0 Å². The van der Waals surface area contributed by atoms with Gasteiger partial charge in [-0.05, 0) is 32.0 Å². The number of fused-ring (bicyclic) bond motifs is 1. The number of nitrogens with zero attached hydrogens (tertiary/aromatic N) is 5. The number of hydrogen-bond acceptors (Lipinski definition) is 5. The molecular formula is C19H28N6O. The summed E-state index contributed by atoms with van der Waals surface area (Å²) in [6, 6.07) is 4.17. The topological polar surface area (TPSA) is 56.1 Å². The SMILES string of the molecule is CN1CCN(CCNC(=O)c2cnn3ccc(N4CCCC4)cc23)CC1. The minimum atomic E-state index is -0.0345. The molecule has 0 unspecified atom stereocenters. The van der Waals surface area contributed by atoms with Crippen LogP contribution in [0.2, 0.25) is 0 Å². The number of anilines is 1. The Hall–Kier alpha value is -2.12. The van der Waals surface area contributed by atoms with E-state index in [-0.39, 0.29) is 5.91 Å². The van der Waals surface area contributed by atoms with Crippen molar-refractivity contribution in [2.24, 2.45) is 0 Å². The van der Waals surface area contributed by atoms with Crippen LogP contribution < -0.4 is 10.2 Å². The number of carbonyl (C=O) groups is 1. The summed E-state index contributed by atoms with van der Waals surface area (Å²) in [6.45, 7) is 8.10. The van der Waals surface area contributed by atoms with E-state index < -0.39 is 0 Å². The summed E-state index contributed by atoms with van der Waals surface area (Å²) < 4.78 is 1.79. The maximum absolute atomic E-state index is 12.6. The van der Waals surface area contributed by atoms with Crippen molar-refractivity contribution in [3.05, 3.63) is 30.1 Å². The smallest absolute Gasteiger partial charge is 0.255 e. The van der Waals surface area contributed by atoms with Crippen molar-refractivity contribution < 1.29 is 4.79 Å². The first kappa shape index (κ1) is 17.3. The highest BCUT2D eigenvalue weighted by molar-refractivity contribution is 6.01. The van der Waals surface area contributed by atoms with Crippen molar-refractivity contribution >= 4 is 17.1 Å². The van der Waals surface area contributed by atoms with E-state index in [1.807, 2.05) is 6.20 Å². The quantitative estimate of drug-likeness (QED) is 0.863. The van der Waals surface area contributed by atoms with Crippen LogP contribution in [0.25, 0.3) is 5.52 Å². The third kappa shape index (κ3) is 3.68. The number of likely N-dealkylation sites (N-methyl/N-ethyl adjacent to an activating group) is 1. The molecule has 2 aromatic rings. The number of nitrogens with one attached hydrogen (secondary N) is 1. The van der Waals surface area contributed by atoms with Crippen LogP contribution in [-0.2, 0) is 0 Å². The molecule has 1 N–H and O–H groups in total. The van der Waals surface area contributed by atoms with Crippen molar-refractivity contribution in [1.29, 1.82) is 0 Å². The van der Waals surface area contributed by atoms with E-state index in [4.69, 9.17) is 0 Å². The lowest BCUT2D eigenvalue weighted by Crippen LogP contribution is -2.46. The van der Waals surface area contributed by atoms with Crippen molar-refractivity contribution in [1.82, 2.24) is 24.7 Å². The molecule has 0 aromatic carbocycles. The highest BCUT2D eigenvalue weighted by Crippen LogP contribution is 2.23. The lowest BCUT2D eigenvalue weighted by molar-refractivity contribution is 0.0942. The van der Waals surface area contributed by atoms with Gasteiger partial charge in [0.25, 0.3) is 5.91 Å². The molecule has 2 aliphatic heterocycles. The molecule has 2 aliphatic rings. The highest BCUT2D eigenvalue weighted by Gasteiger charge is 2.17. The zero-order chi connectivity index (χ0) is 17.9. The molecule has 2 aromatic heterocycles. The minimum Gasteiger partial charge on any atom is -0.371 e. The van der Waals surface area contributed by atoms with Crippen LogP contribution in [0.5, 0.6) is 0 Å². The van der Waals surface area contributed by atoms with E-state index in [9.17, 15) is 4.79 Å². The summed E-state index contributed by atoms with van der Waals surface area (Å²) in [4.78, 5) is 19.8. The molecule has 26 heavy (non-hydrogen) atoms. The van der Waals surface area contributed by atoms with E-state index in [1.165, 1.54) is 18.5 Å². The Labute approximate surface area is 154 Å². The molecular weight excluding hydrogens is 328 g/mol. The zero-order valence-electron chi connectivity index (χ0n) is 15.5. The van der Waals surface area contributed by atoms with E-state index in [0.717, 1.165) is 51.3 Å². The predicted molar refractivity (Wildman–Crippen MR) is 103 cm³/mol. The average Bonchev–Trinajstić information content (AvgIpc) is 3.32. The predicted octanol–water partition coefficient (Wildman–Crippen LogP) is 0.912. The molecule has 0 spiro atoms. The third-order valence-electron chi connectivity index (χ3n) is 5.53. The Balaban J connectivity index is 1.39. The molecule has 0 radical (unpaired) electrons. The molecule has 0 saturated carbocycles. The third-order valence-corrected chi connectivity index (χ3v) is 5.53. The van der Waals surface area contributed by atoms with Gasteiger partial charge in [-0.15, -0.1) is 0 Å². The first-order valence-electron chi connectivity index (χ1n) is 9.62. The van der Waals surface area contributed by atoms with E-state index in [2.05, 4.69) is 44.3 Å². The van der Waals surface area contributed by atoms with Gasteiger partial charge in [0.05, 0.1) is 17.3 Å². The number of pyridine rings is 1. The summed E-state index contributed by atoms with van der Waals surface area (Å²) in [7, 11) is 2.15. The van der Waals surface area contributed by atoms with Crippen LogP contribution in [0, 0.1) is 0 Å². The fourth-order valence-electron chi connectivity index (χ4n) is 3.81. The number of hydrogen-bond donors (Lipinski definition) is 1. The lowest BCUT2D eigenvalue weighted by Gasteiger charge is -2.32. The van der Waals surface area contributed by atoms with E-state index in [1.54, 1.807) is 10.7 Å². The summed E-state index contributed by atoms with van der Waals surface area (Å²) in [6.07, 6.45) is 6.10. The molecule has 0 aliphatic carbocycles. The monoisotopic (exact) mass is 356 g/mol. The van der Waals surface area contributed by atoms with Crippen molar-refractivity contribution in [3.8, 4) is 0 Å². The largest absolute Gasteiger partial charge is 0.371 e. The Morgan fingerprint density at radius 2 is 1.92 bits per heavy atom. The molecule has 2 saturated heterocycles. The zero-order valence-corrected chi connectivity index (χ0v) is 15.5. The van der Waals surface area contributed by atoms with Gasteiger partial charge < -0.3 is 15.1 Å². The number of amides is 1. The number of rotatable bonds is 5. The van der Waals surface area contributed by atoms with Crippen LogP contribution in [0.3, 0.4) is 0 Å². The summed E-state index contributed by atoms with van der Waals surface area (Å²) in [5.74, 6) is -0.0345. The van der Waals surface area contributed by atoms with Gasteiger partial charge in [0, 0.05) is 64.2 Å². The van der Waals surface area contributed by atoms with Gasteiger partial charge in [-0.25, -0.2) is 4.52 Å². The average molecular weight is 356 g/mol. The van der Waals surface area contributed by atoms with Gasteiger partial charge in [0.2, 0.25) is 0 Å². The molecule has 7 heteroatoms. The van der Waals surface area contributed by atoms with Crippen LogP contribution in [-0.4, -0.2) is 84.7 Å². The van der Waals surface area contributed by atoms with Crippen LogP contribution >= 0.6 is 0 Å². The molecule has 0 atom stereocenters. The molecule has 4 rings (SSSR count). The van der Waals surface area contributed by atoms with Crippen molar-refractivity contribution in [2.45, 2.75) is 12.8 Å². The highest BCUT2D eigenvalue weighted by atomic mass is 16.1. The molecule has 1 amide bonds. The summed E-state index contributed by atoms with van der Waals surface area (Å²) >= 11 is 0. The van der Waals surface area contributed by atoms with Crippen LogP contribution in [0.15, 0.2) is 24.5 Å². The van der Waals surface area contributed by atoms with Crippen molar-refractivity contribution in [2.75, 3.05) is 64.3 Å². The second-order valence-corrected chi connectivity index (χ2v) is 7.37. The van der Waals surface area contributed by atoms with Gasteiger partial charge in [0.15, 0.2) is 0 Å². The number of piperazine rings is 1. The molecule has 4 heterocycles. The molecule has 7 nitrogen and oxygen atoms in total. The first-order valence-corrected chi connectivity index (χ1v) is 9.62.